The summed E-state index contributed by atoms with van der Waals surface area (Å²) in [5.41, 5.74) is 0.805. The maximum Gasteiger partial charge on any atom is 0.241 e. The van der Waals surface area contributed by atoms with Crippen molar-refractivity contribution in [2.24, 2.45) is 5.14 Å². The molecule has 0 radical (unpaired) electrons. The summed E-state index contributed by atoms with van der Waals surface area (Å²) < 4.78 is 32.5. The standard InChI is InChI=1S/C9H11NO4S/c1-13-7-3-2-6(8-5-14-8)4-9(7)15(10,11)12/h2-4,8H,5H2,1H3,(H2,10,11,12). The van der Waals surface area contributed by atoms with Gasteiger partial charge in [0.2, 0.25) is 10.0 Å². The molecule has 2 rings (SSSR count). The van der Waals surface area contributed by atoms with Gasteiger partial charge in [0, 0.05) is 0 Å². The van der Waals surface area contributed by atoms with Crippen molar-refractivity contribution >= 4 is 10.0 Å². The number of hydrogen-bond donors (Lipinski definition) is 1. The summed E-state index contributed by atoms with van der Waals surface area (Å²) in [6.45, 7) is 0.621. The summed E-state index contributed by atoms with van der Waals surface area (Å²) in [6, 6.07) is 4.84. The van der Waals surface area contributed by atoms with E-state index in [1.807, 2.05) is 0 Å². The van der Waals surface area contributed by atoms with Crippen LogP contribution in [-0.4, -0.2) is 22.1 Å². The molecule has 82 valence electrons. The second-order valence-electron chi connectivity index (χ2n) is 3.28. The van der Waals surface area contributed by atoms with Crippen LogP contribution in [0.25, 0.3) is 0 Å². The molecule has 0 aromatic heterocycles. The second kappa shape index (κ2) is 3.48. The molecule has 5 nitrogen and oxygen atoms in total. The van der Waals surface area contributed by atoms with Gasteiger partial charge in [-0.3, -0.25) is 0 Å². The van der Waals surface area contributed by atoms with Gasteiger partial charge in [-0.25, -0.2) is 13.6 Å². The van der Waals surface area contributed by atoms with Crippen LogP contribution in [0.5, 0.6) is 5.75 Å². The first-order valence-corrected chi connectivity index (χ1v) is 5.89. The van der Waals surface area contributed by atoms with E-state index in [0.717, 1.165) is 5.56 Å². The quantitative estimate of drug-likeness (QED) is 0.761. The molecule has 1 aliphatic heterocycles. The van der Waals surface area contributed by atoms with Gasteiger partial charge >= 0.3 is 0 Å². The van der Waals surface area contributed by atoms with Crippen LogP contribution >= 0.6 is 0 Å². The number of primary sulfonamides is 1. The molecular formula is C9H11NO4S. The van der Waals surface area contributed by atoms with Crippen LogP contribution in [0.1, 0.15) is 11.7 Å². The van der Waals surface area contributed by atoms with E-state index in [0.29, 0.717) is 6.61 Å². The molecule has 2 N–H and O–H groups in total. The Kier molecular flexibility index (Phi) is 2.41. The van der Waals surface area contributed by atoms with Gasteiger partial charge in [0.15, 0.2) is 0 Å². The maximum atomic E-state index is 11.3. The van der Waals surface area contributed by atoms with E-state index in [4.69, 9.17) is 14.6 Å². The molecule has 0 amide bonds. The van der Waals surface area contributed by atoms with E-state index >= 15 is 0 Å². The Balaban J connectivity index is 2.52. The predicted octanol–water partition coefficient (Wildman–Crippen LogP) is 0.414. The molecule has 1 aromatic carbocycles. The first kappa shape index (κ1) is 10.4. The lowest BCUT2D eigenvalue weighted by Crippen LogP contribution is -2.13. The molecule has 0 bridgehead atoms. The lowest BCUT2D eigenvalue weighted by atomic mass is 10.1. The van der Waals surface area contributed by atoms with Gasteiger partial charge in [0.25, 0.3) is 0 Å². The number of epoxide rings is 1. The molecule has 1 heterocycles. The van der Waals surface area contributed by atoms with Crippen LogP contribution in [0.2, 0.25) is 0 Å². The zero-order valence-corrected chi connectivity index (χ0v) is 8.95. The molecule has 15 heavy (non-hydrogen) atoms. The van der Waals surface area contributed by atoms with E-state index in [1.54, 1.807) is 12.1 Å². The van der Waals surface area contributed by atoms with Crippen molar-refractivity contribution in [2.45, 2.75) is 11.0 Å². The highest BCUT2D eigenvalue weighted by atomic mass is 32.2. The average molecular weight is 229 g/mol. The minimum absolute atomic E-state index is 0.00185. The average Bonchev–Trinajstić information content (AvgIpc) is 2.98. The van der Waals surface area contributed by atoms with Gasteiger partial charge in [-0.05, 0) is 17.7 Å². The smallest absolute Gasteiger partial charge is 0.241 e. The van der Waals surface area contributed by atoms with Gasteiger partial charge in [-0.15, -0.1) is 0 Å². The van der Waals surface area contributed by atoms with Crippen molar-refractivity contribution in [2.75, 3.05) is 13.7 Å². The molecule has 0 spiro atoms. The minimum Gasteiger partial charge on any atom is -0.495 e. The van der Waals surface area contributed by atoms with Gasteiger partial charge in [0.1, 0.15) is 16.7 Å². The molecule has 6 heteroatoms. The van der Waals surface area contributed by atoms with Crippen molar-refractivity contribution in [3.63, 3.8) is 0 Å². The van der Waals surface area contributed by atoms with Crippen molar-refractivity contribution in [3.8, 4) is 5.75 Å². The van der Waals surface area contributed by atoms with Crippen LogP contribution in [-0.2, 0) is 14.8 Å². The Morgan fingerprint density at radius 3 is 2.67 bits per heavy atom. The minimum atomic E-state index is -3.75. The monoisotopic (exact) mass is 229 g/mol. The number of nitrogens with two attached hydrogens (primary N) is 1. The SMILES string of the molecule is COc1ccc(C2CO2)cc1S(N)(=O)=O. The third-order valence-electron chi connectivity index (χ3n) is 2.20. The summed E-state index contributed by atoms with van der Waals surface area (Å²) in [5.74, 6) is 0.252. The normalized spacial score (nSPS) is 20.0. The zero-order chi connectivity index (χ0) is 11.1. The topological polar surface area (TPSA) is 81.9 Å². The predicted molar refractivity (Wildman–Crippen MR) is 53.1 cm³/mol. The van der Waals surface area contributed by atoms with Crippen LogP contribution in [0, 0.1) is 0 Å². The summed E-state index contributed by atoms with van der Waals surface area (Å²) in [6.07, 6.45) is -0.00333. The Morgan fingerprint density at radius 2 is 2.20 bits per heavy atom. The molecule has 1 unspecified atom stereocenters. The number of sulfonamides is 1. The highest BCUT2D eigenvalue weighted by molar-refractivity contribution is 7.89. The van der Waals surface area contributed by atoms with Crippen LogP contribution in [0.4, 0.5) is 0 Å². The number of hydrogen-bond acceptors (Lipinski definition) is 4. The number of methoxy groups -OCH3 is 1. The Morgan fingerprint density at radius 1 is 1.53 bits per heavy atom. The van der Waals surface area contributed by atoms with Crippen molar-refractivity contribution in [1.82, 2.24) is 0 Å². The molecule has 1 saturated heterocycles. The van der Waals surface area contributed by atoms with Gasteiger partial charge in [0.05, 0.1) is 13.7 Å². The second-order valence-corrected chi connectivity index (χ2v) is 4.81. The Bertz CT molecular complexity index is 479. The molecule has 0 saturated carbocycles. The summed E-state index contributed by atoms with van der Waals surface area (Å²) >= 11 is 0. The van der Waals surface area contributed by atoms with E-state index < -0.39 is 10.0 Å². The Labute approximate surface area is 87.8 Å². The lowest BCUT2D eigenvalue weighted by Gasteiger charge is -2.07. The van der Waals surface area contributed by atoms with Crippen LogP contribution in [0.15, 0.2) is 23.1 Å². The maximum absolute atomic E-state index is 11.3. The fraction of sp³-hybridized carbons (Fsp3) is 0.333. The molecular weight excluding hydrogens is 218 g/mol. The van der Waals surface area contributed by atoms with Crippen molar-refractivity contribution < 1.29 is 17.9 Å². The van der Waals surface area contributed by atoms with E-state index in [1.165, 1.54) is 13.2 Å². The van der Waals surface area contributed by atoms with Gasteiger partial charge in [-0.2, -0.15) is 0 Å². The molecule has 1 aromatic rings. The number of rotatable bonds is 3. The largest absolute Gasteiger partial charge is 0.495 e. The van der Waals surface area contributed by atoms with E-state index in [-0.39, 0.29) is 16.7 Å². The number of ether oxygens (including phenoxy) is 2. The first-order chi connectivity index (χ1) is 7.02. The summed E-state index contributed by atoms with van der Waals surface area (Å²) in [4.78, 5) is -0.00185. The lowest BCUT2D eigenvalue weighted by molar-refractivity contribution is 0.399. The zero-order valence-electron chi connectivity index (χ0n) is 8.14. The van der Waals surface area contributed by atoms with Gasteiger partial charge in [-0.1, -0.05) is 6.07 Å². The third-order valence-corrected chi connectivity index (χ3v) is 3.13. The highest BCUT2D eigenvalue weighted by Gasteiger charge is 2.27. The van der Waals surface area contributed by atoms with Crippen molar-refractivity contribution in [3.05, 3.63) is 23.8 Å². The van der Waals surface area contributed by atoms with Crippen LogP contribution < -0.4 is 9.88 Å². The first-order valence-electron chi connectivity index (χ1n) is 4.34. The highest BCUT2D eigenvalue weighted by Crippen LogP contribution is 2.33. The third kappa shape index (κ3) is 2.11. The van der Waals surface area contributed by atoms with E-state index in [2.05, 4.69) is 0 Å². The molecule has 0 aliphatic carbocycles. The fourth-order valence-corrected chi connectivity index (χ4v) is 2.09. The van der Waals surface area contributed by atoms with Crippen LogP contribution in [0.3, 0.4) is 0 Å². The van der Waals surface area contributed by atoms with Crippen molar-refractivity contribution in [1.29, 1.82) is 0 Å². The Hall–Kier alpha value is -1.11. The summed E-state index contributed by atoms with van der Waals surface area (Å²) in [5, 5.41) is 5.07. The van der Waals surface area contributed by atoms with E-state index in [9.17, 15) is 8.42 Å². The molecule has 1 atom stereocenters. The van der Waals surface area contributed by atoms with Gasteiger partial charge < -0.3 is 9.47 Å². The molecule has 1 aliphatic rings. The molecule has 1 fully saturated rings. The number of benzene rings is 1. The fourth-order valence-electron chi connectivity index (χ4n) is 1.36. The summed E-state index contributed by atoms with van der Waals surface area (Å²) in [7, 11) is -2.35.